The van der Waals surface area contributed by atoms with Crippen LogP contribution in [0.4, 0.5) is 4.39 Å². The second-order valence-corrected chi connectivity index (χ2v) is 11.7. The molecule has 0 spiro atoms. The first-order valence-electron chi connectivity index (χ1n) is 13.4. The van der Waals surface area contributed by atoms with Gasteiger partial charge < -0.3 is 20.2 Å². The number of alkyl halides is 1. The quantitative estimate of drug-likeness (QED) is 0.454. The number of carbonyl (C=O) groups is 3. The first kappa shape index (κ1) is 27.9. The van der Waals surface area contributed by atoms with Gasteiger partial charge >= 0.3 is 0 Å². The van der Waals surface area contributed by atoms with Gasteiger partial charge in [0.15, 0.2) is 6.17 Å². The molecule has 5 atom stereocenters. The van der Waals surface area contributed by atoms with E-state index in [9.17, 15) is 19.5 Å². The average Bonchev–Trinajstić information content (AvgIpc) is 3.59. The summed E-state index contributed by atoms with van der Waals surface area (Å²) in [7, 11) is 0. The number of thiazole rings is 1. The SMILES string of the molecule is Cc1ncsc1-c1ccc([C@H](C)NC(=O)[C@@H]2[C@@H](F)[C@@H](O)CN2C(=O)[C@H](C(C)C)N2Cc3ccccc3C2=O)cc1. The van der Waals surface area contributed by atoms with E-state index < -0.39 is 42.2 Å². The van der Waals surface area contributed by atoms with E-state index in [2.05, 4.69) is 10.3 Å². The summed E-state index contributed by atoms with van der Waals surface area (Å²) in [4.78, 5) is 48.4. The molecule has 0 unspecified atom stereocenters. The van der Waals surface area contributed by atoms with Crippen LogP contribution >= 0.6 is 11.3 Å². The number of nitrogens with zero attached hydrogens (tertiary/aromatic N) is 3. The van der Waals surface area contributed by atoms with Crippen LogP contribution in [-0.4, -0.2) is 68.5 Å². The Balaban J connectivity index is 1.33. The van der Waals surface area contributed by atoms with Crippen molar-refractivity contribution in [2.24, 2.45) is 5.92 Å². The van der Waals surface area contributed by atoms with E-state index in [1.165, 1.54) is 4.90 Å². The molecule has 0 bridgehead atoms. The van der Waals surface area contributed by atoms with Gasteiger partial charge in [0.2, 0.25) is 11.8 Å². The van der Waals surface area contributed by atoms with Gasteiger partial charge in [-0.25, -0.2) is 9.37 Å². The van der Waals surface area contributed by atoms with Gasteiger partial charge in [-0.2, -0.15) is 0 Å². The maximum absolute atomic E-state index is 15.3. The lowest BCUT2D eigenvalue weighted by atomic mass is 10.00. The molecule has 3 heterocycles. The Morgan fingerprint density at radius 2 is 1.82 bits per heavy atom. The molecule has 5 rings (SSSR count). The van der Waals surface area contributed by atoms with Crippen LogP contribution in [0.25, 0.3) is 10.4 Å². The molecule has 8 nitrogen and oxygen atoms in total. The highest BCUT2D eigenvalue weighted by Crippen LogP contribution is 2.32. The molecule has 0 radical (unpaired) electrons. The summed E-state index contributed by atoms with van der Waals surface area (Å²) < 4.78 is 15.3. The van der Waals surface area contributed by atoms with Gasteiger partial charge in [0.05, 0.1) is 28.7 Å². The minimum atomic E-state index is -1.95. The highest BCUT2D eigenvalue weighted by Gasteiger charge is 2.51. The van der Waals surface area contributed by atoms with Crippen LogP contribution in [0.15, 0.2) is 54.0 Å². The molecule has 3 amide bonds. The van der Waals surface area contributed by atoms with Gasteiger partial charge in [0, 0.05) is 12.1 Å². The molecule has 2 aliphatic rings. The van der Waals surface area contributed by atoms with E-state index in [1.807, 2.05) is 57.2 Å². The molecule has 2 N–H and O–H groups in total. The molecule has 0 aliphatic carbocycles. The molecule has 2 aromatic carbocycles. The first-order valence-corrected chi connectivity index (χ1v) is 14.3. The average molecular weight is 565 g/mol. The molecular weight excluding hydrogens is 531 g/mol. The van der Waals surface area contributed by atoms with Gasteiger partial charge in [-0.05, 0) is 42.5 Å². The fourth-order valence-electron chi connectivity index (χ4n) is 5.65. The van der Waals surface area contributed by atoms with Gasteiger partial charge in [-0.1, -0.05) is 56.3 Å². The summed E-state index contributed by atoms with van der Waals surface area (Å²) in [6, 6.07) is 12.0. The summed E-state index contributed by atoms with van der Waals surface area (Å²) in [6.07, 6.45) is -3.46. The number of hydrogen-bond acceptors (Lipinski definition) is 6. The van der Waals surface area contributed by atoms with Crippen molar-refractivity contribution in [2.45, 2.75) is 64.6 Å². The van der Waals surface area contributed by atoms with Crippen molar-refractivity contribution >= 4 is 29.1 Å². The number of halogens is 1. The third-order valence-corrected chi connectivity index (χ3v) is 8.76. The number of hydrogen-bond donors (Lipinski definition) is 2. The highest BCUT2D eigenvalue weighted by molar-refractivity contribution is 7.13. The van der Waals surface area contributed by atoms with E-state index in [4.69, 9.17) is 0 Å². The van der Waals surface area contributed by atoms with Gasteiger partial charge in [-0.3, -0.25) is 14.4 Å². The minimum absolute atomic E-state index is 0.254. The molecular formula is C30H33FN4O4S. The lowest BCUT2D eigenvalue weighted by molar-refractivity contribution is -0.144. The summed E-state index contributed by atoms with van der Waals surface area (Å²) in [5.74, 6) is -1.81. The van der Waals surface area contributed by atoms with Crippen LogP contribution in [-0.2, 0) is 16.1 Å². The van der Waals surface area contributed by atoms with Gasteiger partial charge in [0.1, 0.15) is 18.2 Å². The fourth-order valence-corrected chi connectivity index (χ4v) is 6.46. The van der Waals surface area contributed by atoms with Crippen LogP contribution in [0.1, 0.15) is 54.0 Å². The summed E-state index contributed by atoms with van der Waals surface area (Å²) >= 11 is 1.55. The monoisotopic (exact) mass is 564 g/mol. The molecule has 1 saturated heterocycles. The molecule has 40 heavy (non-hydrogen) atoms. The highest BCUT2D eigenvalue weighted by atomic mass is 32.1. The zero-order valence-corrected chi connectivity index (χ0v) is 23.7. The lowest BCUT2D eigenvalue weighted by Crippen LogP contribution is -2.56. The zero-order valence-electron chi connectivity index (χ0n) is 22.9. The zero-order chi connectivity index (χ0) is 28.7. The van der Waals surface area contributed by atoms with Crippen molar-refractivity contribution < 1.29 is 23.9 Å². The number of carbonyl (C=O) groups excluding carboxylic acids is 3. The van der Waals surface area contributed by atoms with Gasteiger partial charge in [-0.15, -0.1) is 11.3 Å². The van der Waals surface area contributed by atoms with Crippen molar-refractivity contribution in [3.63, 3.8) is 0 Å². The Morgan fingerprint density at radius 1 is 1.12 bits per heavy atom. The Morgan fingerprint density at radius 3 is 2.45 bits per heavy atom. The van der Waals surface area contributed by atoms with Crippen molar-refractivity contribution in [3.05, 3.63) is 76.4 Å². The number of amides is 3. The third-order valence-electron chi connectivity index (χ3n) is 7.79. The van der Waals surface area contributed by atoms with E-state index in [0.717, 1.165) is 32.2 Å². The molecule has 10 heteroatoms. The van der Waals surface area contributed by atoms with Gasteiger partial charge in [0.25, 0.3) is 5.91 Å². The number of aliphatic hydroxyl groups excluding tert-OH is 1. The maximum atomic E-state index is 15.3. The Kier molecular flexibility index (Phi) is 7.74. The third kappa shape index (κ3) is 5.01. The van der Waals surface area contributed by atoms with Crippen molar-refractivity contribution in [1.82, 2.24) is 20.1 Å². The lowest BCUT2D eigenvalue weighted by Gasteiger charge is -2.35. The van der Waals surface area contributed by atoms with Crippen LogP contribution in [0, 0.1) is 12.8 Å². The normalized spacial score (nSPS) is 22.0. The summed E-state index contributed by atoms with van der Waals surface area (Å²) in [6.45, 7) is 7.28. The minimum Gasteiger partial charge on any atom is -0.388 e. The van der Waals surface area contributed by atoms with E-state index in [1.54, 1.807) is 35.9 Å². The van der Waals surface area contributed by atoms with E-state index in [-0.39, 0.29) is 24.9 Å². The van der Waals surface area contributed by atoms with Crippen LogP contribution < -0.4 is 5.32 Å². The van der Waals surface area contributed by atoms with Crippen LogP contribution in [0.3, 0.4) is 0 Å². The predicted molar refractivity (Wildman–Crippen MR) is 150 cm³/mol. The second kappa shape index (κ2) is 11.1. The number of β-amino-alcohol motifs (C(OH)–C–C–N with tert-alkyl or cyclic N) is 1. The second-order valence-electron chi connectivity index (χ2n) is 10.8. The number of fused-ring (bicyclic) bond motifs is 1. The fraction of sp³-hybridized carbons (Fsp3) is 0.400. The molecule has 1 aromatic heterocycles. The Bertz CT molecular complexity index is 1430. The molecule has 210 valence electrons. The summed E-state index contributed by atoms with van der Waals surface area (Å²) in [5, 5.41) is 13.2. The summed E-state index contributed by atoms with van der Waals surface area (Å²) in [5.41, 5.74) is 5.91. The number of nitrogens with one attached hydrogen (secondary N) is 1. The number of likely N-dealkylation sites (tertiary alicyclic amines) is 1. The van der Waals surface area contributed by atoms with E-state index >= 15 is 4.39 Å². The van der Waals surface area contributed by atoms with Crippen molar-refractivity contribution in [3.8, 4) is 10.4 Å². The standard InChI is InChI=1S/C30H33FN4O4S/c1-16(2)25(34-13-21-7-5-6-8-22(21)29(34)38)30(39)35-14-23(36)24(31)26(35)28(37)33-17(3)19-9-11-20(12-10-19)27-18(4)32-15-40-27/h5-12,15-17,23-26,36H,13-14H2,1-4H3,(H,33,37)/t17-,23-,24-,25-,26-/m0/s1. The topological polar surface area (TPSA) is 103 Å². The molecule has 3 aromatic rings. The predicted octanol–water partition coefficient (Wildman–Crippen LogP) is 3.89. The van der Waals surface area contributed by atoms with Crippen molar-refractivity contribution in [2.75, 3.05) is 6.54 Å². The molecule has 2 aliphatic heterocycles. The number of aromatic nitrogens is 1. The number of benzene rings is 2. The Hall–Kier alpha value is -3.63. The number of aliphatic hydroxyl groups is 1. The first-order chi connectivity index (χ1) is 19.1. The number of aryl methyl sites for hydroxylation is 1. The van der Waals surface area contributed by atoms with E-state index in [0.29, 0.717) is 5.56 Å². The number of rotatable bonds is 7. The largest absolute Gasteiger partial charge is 0.388 e. The molecule has 1 fully saturated rings. The smallest absolute Gasteiger partial charge is 0.255 e. The molecule has 0 saturated carbocycles. The van der Waals surface area contributed by atoms with Crippen molar-refractivity contribution in [1.29, 1.82) is 0 Å². The maximum Gasteiger partial charge on any atom is 0.255 e. The van der Waals surface area contributed by atoms with Crippen LogP contribution in [0.5, 0.6) is 0 Å². The Labute approximate surface area is 236 Å². The van der Waals surface area contributed by atoms with Crippen LogP contribution in [0.2, 0.25) is 0 Å².